The Bertz CT molecular complexity index is 1250. The molecule has 2 heterocycles. The second kappa shape index (κ2) is 8.39. The molecule has 2 aromatic heterocycles. The monoisotopic (exact) mass is 425 g/mol. The second-order valence-electron chi connectivity index (χ2n) is 6.46. The number of hydrogen-bond donors (Lipinski definition) is 0. The van der Waals surface area contributed by atoms with E-state index in [1.54, 1.807) is 6.07 Å². The normalized spacial score (nSPS) is 11.8. The van der Waals surface area contributed by atoms with Gasteiger partial charge in [0.2, 0.25) is 5.82 Å². The summed E-state index contributed by atoms with van der Waals surface area (Å²) in [7, 11) is 0. The minimum atomic E-state index is -4.43. The Morgan fingerprint density at radius 2 is 1.77 bits per heavy atom. The van der Waals surface area contributed by atoms with E-state index in [1.807, 2.05) is 30.3 Å². The Labute approximate surface area is 174 Å². The lowest BCUT2D eigenvalue weighted by Crippen LogP contribution is -2.04. The molecule has 0 fully saturated rings. The lowest BCUT2D eigenvalue weighted by atomic mass is 10.1. The van der Waals surface area contributed by atoms with E-state index in [2.05, 4.69) is 15.1 Å². The van der Waals surface area contributed by atoms with Crippen LogP contribution >= 0.6 is 0 Å². The number of esters is 1. The average Bonchev–Trinajstić information content (AvgIpc) is 3.25. The fourth-order valence-corrected chi connectivity index (χ4v) is 2.75. The molecule has 156 valence electrons. The molecule has 2 aromatic carbocycles. The van der Waals surface area contributed by atoms with Crippen LogP contribution in [0.4, 0.5) is 13.2 Å². The highest BCUT2D eigenvalue weighted by molar-refractivity contribution is 5.87. The fraction of sp³-hybridized carbons (Fsp3) is 0.0909. The molecular weight excluding hydrogens is 411 g/mol. The number of alkyl halides is 3. The summed E-state index contributed by atoms with van der Waals surface area (Å²) in [5, 5.41) is 4.68. The second-order valence-corrected chi connectivity index (χ2v) is 6.46. The van der Waals surface area contributed by atoms with Crippen LogP contribution < -0.4 is 0 Å². The highest BCUT2D eigenvalue weighted by atomic mass is 19.4. The summed E-state index contributed by atoms with van der Waals surface area (Å²) < 4.78 is 47.9. The molecule has 0 unspecified atom stereocenters. The number of aromatic nitrogens is 3. The summed E-state index contributed by atoms with van der Waals surface area (Å²) in [6, 6.07) is 15.6. The molecule has 0 saturated heterocycles. The van der Waals surface area contributed by atoms with Gasteiger partial charge in [0.05, 0.1) is 16.8 Å². The Balaban J connectivity index is 1.35. The Kier molecular flexibility index (Phi) is 5.48. The van der Waals surface area contributed by atoms with E-state index < -0.39 is 17.7 Å². The van der Waals surface area contributed by atoms with Gasteiger partial charge in [-0.1, -0.05) is 41.6 Å². The first-order valence-electron chi connectivity index (χ1n) is 9.09. The van der Waals surface area contributed by atoms with E-state index in [-0.39, 0.29) is 18.3 Å². The van der Waals surface area contributed by atoms with Gasteiger partial charge < -0.3 is 9.26 Å². The zero-order valence-corrected chi connectivity index (χ0v) is 15.8. The lowest BCUT2D eigenvalue weighted by molar-refractivity contribution is -0.140. The highest BCUT2D eigenvalue weighted by Crippen LogP contribution is 2.30. The van der Waals surface area contributed by atoms with Gasteiger partial charge in [0.1, 0.15) is 0 Å². The van der Waals surface area contributed by atoms with E-state index in [0.29, 0.717) is 11.3 Å². The summed E-state index contributed by atoms with van der Waals surface area (Å²) in [6.07, 6.45) is -1.68. The molecule has 0 bridgehead atoms. The van der Waals surface area contributed by atoms with Crippen LogP contribution in [0.3, 0.4) is 0 Å². The first-order chi connectivity index (χ1) is 14.9. The molecule has 4 rings (SSSR count). The lowest BCUT2D eigenvalue weighted by Gasteiger charge is -2.05. The van der Waals surface area contributed by atoms with Gasteiger partial charge in [-0.05, 0) is 30.3 Å². The number of carbonyl (C=O) groups excluding carboxylic acids is 1. The van der Waals surface area contributed by atoms with E-state index in [1.165, 1.54) is 24.3 Å². The molecule has 0 aliphatic heterocycles. The third-order valence-electron chi connectivity index (χ3n) is 4.29. The number of para-hydroxylation sites is 1. The Morgan fingerprint density at radius 1 is 1.00 bits per heavy atom. The molecule has 0 N–H and O–H groups in total. The predicted molar refractivity (Wildman–Crippen MR) is 105 cm³/mol. The zero-order chi connectivity index (χ0) is 21.8. The summed E-state index contributed by atoms with van der Waals surface area (Å²) in [5.74, 6) is -0.527. The zero-order valence-electron chi connectivity index (χ0n) is 15.8. The number of halogens is 3. The fourth-order valence-electron chi connectivity index (χ4n) is 2.75. The molecule has 31 heavy (non-hydrogen) atoms. The van der Waals surface area contributed by atoms with Crippen molar-refractivity contribution in [1.29, 1.82) is 0 Å². The summed E-state index contributed by atoms with van der Waals surface area (Å²) in [4.78, 5) is 20.4. The molecular formula is C22H14F3N3O3. The maximum atomic E-state index is 12.6. The van der Waals surface area contributed by atoms with Gasteiger partial charge in [-0.25, -0.2) is 9.78 Å². The number of hydrogen-bond acceptors (Lipinski definition) is 6. The Hall–Kier alpha value is -4.01. The Morgan fingerprint density at radius 3 is 2.55 bits per heavy atom. The quantitative estimate of drug-likeness (QED) is 0.329. The van der Waals surface area contributed by atoms with Crippen LogP contribution in [0.2, 0.25) is 0 Å². The molecule has 0 aliphatic rings. The van der Waals surface area contributed by atoms with E-state index in [0.717, 1.165) is 23.0 Å². The standard InChI is InChI=1S/C22H14F3N3O3/c23-22(24,25)16-8-5-15(6-9-16)21-27-19(31-28-21)13-30-20(29)12-11-17-10-7-14-3-1-2-4-18(14)26-17/h1-12H,13H2/b12-11+. The van der Waals surface area contributed by atoms with Crippen molar-refractivity contribution in [3.63, 3.8) is 0 Å². The number of pyridine rings is 1. The first kappa shape index (κ1) is 20.3. The van der Waals surface area contributed by atoms with Crippen molar-refractivity contribution in [2.24, 2.45) is 0 Å². The predicted octanol–water partition coefficient (Wildman–Crippen LogP) is 5.06. The van der Waals surface area contributed by atoms with Crippen LogP contribution in [0.5, 0.6) is 0 Å². The molecule has 0 aliphatic carbocycles. The number of carbonyl (C=O) groups is 1. The van der Waals surface area contributed by atoms with Crippen molar-refractivity contribution in [3.8, 4) is 11.4 Å². The van der Waals surface area contributed by atoms with Gasteiger partial charge in [-0.3, -0.25) is 0 Å². The minimum Gasteiger partial charge on any atom is -0.452 e. The molecule has 9 heteroatoms. The third kappa shape index (κ3) is 4.95. The van der Waals surface area contributed by atoms with Crippen LogP contribution in [0.15, 0.2) is 71.3 Å². The largest absolute Gasteiger partial charge is 0.452 e. The van der Waals surface area contributed by atoms with Gasteiger partial charge in [0, 0.05) is 17.0 Å². The maximum Gasteiger partial charge on any atom is 0.416 e. The minimum absolute atomic E-state index is 0.0143. The van der Waals surface area contributed by atoms with Crippen molar-refractivity contribution < 1.29 is 27.2 Å². The molecule has 0 spiro atoms. The SMILES string of the molecule is O=C(/C=C/c1ccc2ccccc2n1)OCc1nc(-c2ccc(C(F)(F)F)cc2)no1. The van der Waals surface area contributed by atoms with Crippen LogP contribution in [-0.4, -0.2) is 21.1 Å². The highest BCUT2D eigenvalue weighted by Gasteiger charge is 2.30. The van der Waals surface area contributed by atoms with Crippen LogP contribution in [-0.2, 0) is 22.3 Å². The van der Waals surface area contributed by atoms with Crippen molar-refractivity contribution in [2.75, 3.05) is 0 Å². The molecule has 0 radical (unpaired) electrons. The number of ether oxygens (including phenoxy) is 1. The van der Waals surface area contributed by atoms with Crippen molar-refractivity contribution in [1.82, 2.24) is 15.1 Å². The van der Waals surface area contributed by atoms with E-state index >= 15 is 0 Å². The van der Waals surface area contributed by atoms with Crippen molar-refractivity contribution in [3.05, 3.63) is 83.9 Å². The van der Waals surface area contributed by atoms with Crippen molar-refractivity contribution in [2.45, 2.75) is 12.8 Å². The number of nitrogens with zero attached hydrogens (tertiary/aromatic N) is 3. The number of rotatable bonds is 5. The summed E-state index contributed by atoms with van der Waals surface area (Å²) in [5.41, 5.74) is 0.968. The van der Waals surface area contributed by atoms with Gasteiger partial charge in [-0.15, -0.1) is 0 Å². The maximum absolute atomic E-state index is 12.6. The topological polar surface area (TPSA) is 78.1 Å². The van der Waals surface area contributed by atoms with Crippen LogP contribution in [0.1, 0.15) is 17.1 Å². The number of benzene rings is 2. The van der Waals surface area contributed by atoms with Crippen LogP contribution in [0.25, 0.3) is 28.4 Å². The van der Waals surface area contributed by atoms with E-state index in [9.17, 15) is 18.0 Å². The van der Waals surface area contributed by atoms with Crippen molar-refractivity contribution >= 4 is 22.9 Å². The average molecular weight is 425 g/mol. The first-order valence-corrected chi connectivity index (χ1v) is 9.09. The number of fused-ring (bicyclic) bond motifs is 1. The molecule has 0 saturated carbocycles. The van der Waals surface area contributed by atoms with Gasteiger partial charge in [0.25, 0.3) is 5.89 Å². The smallest absolute Gasteiger partial charge is 0.416 e. The van der Waals surface area contributed by atoms with E-state index in [4.69, 9.17) is 9.26 Å². The molecule has 0 amide bonds. The molecule has 0 atom stereocenters. The van der Waals surface area contributed by atoms with Gasteiger partial charge in [-0.2, -0.15) is 18.2 Å². The third-order valence-corrected chi connectivity index (χ3v) is 4.29. The van der Waals surface area contributed by atoms with Crippen LogP contribution in [0, 0.1) is 0 Å². The summed E-state index contributed by atoms with van der Waals surface area (Å²) in [6.45, 7) is -0.276. The summed E-state index contributed by atoms with van der Waals surface area (Å²) >= 11 is 0. The van der Waals surface area contributed by atoms with Gasteiger partial charge in [0.15, 0.2) is 6.61 Å². The molecule has 4 aromatic rings. The van der Waals surface area contributed by atoms with Gasteiger partial charge >= 0.3 is 12.1 Å². The molecule has 6 nitrogen and oxygen atoms in total.